The molecule has 0 bridgehead atoms. The summed E-state index contributed by atoms with van der Waals surface area (Å²) >= 11 is 11.9. The average Bonchev–Trinajstić information content (AvgIpc) is 2.85. The topological polar surface area (TPSA) is 103 Å². The number of hydrogen-bond acceptors (Lipinski definition) is 8. The largest absolute Gasteiger partial charge is 0.378 e. The Morgan fingerprint density at radius 2 is 1.69 bits per heavy atom. The minimum Gasteiger partial charge on any atom is -0.378 e. The fourth-order valence-electron chi connectivity index (χ4n) is 4.12. The highest BCUT2D eigenvalue weighted by Crippen LogP contribution is 2.30. The number of rotatable bonds is 5. The van der Waals surface area contributed by atoms with Crippen LogP contribution in [0.5, 0.6) is 0 Å². The number of carbonyl (C=O) groups is 1. The monoisotopic (exact) mass is 518 g/mol. The lowest BCUT2D eigenvalue weighted by Gasteiger charge is -2.34. The predicted molar refractivity (Wildman–Crippen MR) is 141 cm³/mol. The van der Waals surface area contributed by atoms with Gasteiger partial charge in [0.15, 0.2) is 5.11 Å². The maximum absolute atomic E-state index is 13.1. The van der Waals surface area contributed by atoms with Crippen molar-refractivity contribution in [1.29, 1.82) is 0 Å². The highest BCUT2D eigenvalue weighted by molar-refractivity contribution is 7.80. The van der Waals surface area contributed by atoms with E-state index in [1.165, 1.54) is 12.1 Å². The molecule has 0 spiro atoms. The Balaban J connectivity index is 1.45. The molecule has 2 aromatic rings. The lowest BCUT2D eigenvalue weighted by molar-refractivity contribution is -0.384. The van der Waals surface area contributed by atoms with Crippen LogP contribution in [0.25, 0.3) is 0 Å². The van der Waals surface area contributed by atoms with Crippen LogP contribution >= 0.6 is 23.8 Å². The van der Waals surface area contributed by atoms with Crippen molar-refractivity contribution < 1.29 is 14.5 Å². The number of morpholine rings is 1. The van der Waals surface area contributed by atoms with E-state index in [-0.39, 0.29) is 16.4 Å². The number of anilines is 3. The first-order valence-corrected chi connectivity index (χ1v) is 12.1. The van der Waals surface area contributed by atoms with Crippen LogP contribution in [0.3, 0.4) is 0 Å². The molecule has 35 heavy (non-hydrogen) atoms. The van der Waals surface area contributed by atoms with E-state index >= 15 is 0 Å². The molecular formula is C23H27ClN6O4S. The van der Waals surface area contributed by atoms with Gasteiger partial charge in [0.05, 0.1) is 40.1 Å². The molecule has 186 valence electrons. The first-order chi connectivity index (χ1) is 16.8. The van der Waals surface area contributed by atoms with Gasteiger partial charge >= 0.3 is 0 Å². The number of piperazine rings is 1. The molecule has 2 aromatic carbocycles. The number of nitro groups is 1. The predicted octanol–water partition coefficient (Wildman–Crippen LogP) is 2.96. The molecule has 10 nitrogen and oxygen atoms in total. The van der Waals surface area contributed by atoms with Gasteiger partial charge in [0.1, 0.15) is 0 Å². The van der Waals surface area contributed by atoms with Gasteiger partial charge < -0.3 is 24.8 Å². The average molecular weight is 519 g/mol. The normalized spacial score (nSPS) is 16.6. The molecular weight excluding hydrogens is 492 g/mol. The molecule has 0 aliphatic carbocycles. The van der Waals surface area contributed by atoms with Crippen LogP contribution in [-0.2, 0) is 4.74 Å². The fourth-order valence-corrected chi connectivity index (χ4v) is 4.63. The molecule has 2 aliphatic rings. The Hall–Kier alpha value is -2.99. The number of ether oxygens (including phenoxy) is 1. The van der Waals surface area contributed by atoms with Crippen LogP contribution in [0.2, 0.25) is 5.02 Å². The number of thiocarbonyl (C=S) groups is 1. The van der Waals surface area contributed by atoms with Gasteiger partial charge in [0.2, 0.25) is 0 Å². The van der Waals surface area contributed by atoms with Crippen LogP contribution in [0, 0.1) is 10.1 Å². The first kappa shape index (κ1) is 25.1. The van der Waals surface area contributed by atoms with Crippen molar-refractivity contribution in [2.24, 2.45) is 0 Å². The zero-order valence-electron chi connectivity index (χ0n) is 19.3. The molecule has 0 unspecified atom stereocenters. The van der Waals surface area contributed by atoms with Crippen molar-refractivity contribution in [3.63, 3.8) is 0 Å². The summed E-state index contributed by atoms with van der Waals surface area (Å²) in [6.07, 6.45) is 0. The molecule has 2 saturated heterocycles. The third-order valence-corrected chi connectivity index (χ3v) is 6.57. The van der Waals surface area contributed by atoms with Gasteiger partial charge in [0, 0.05) is 57.1 Å². The molecule has 0 radical (unpaired) electrons. The summed E-state index contributed by atoms with van der Waals surface area (Å²) in [6.45, 7) is 5.93. The van der Waals surface area contributed by atoms with Crippen molar-refractivity contribution in [3.8, 4) is 0 Å². The molecule has 0 atom stereocenters. The third kappa shape index (κ3) is 6.17. The molecule has 0 saturated carbocycles. The maximum atomic E-state index is 13.1. The highest BCUT2D eigenvalue weighted by Gasteiger charge is 2.23. The van der Waals surface area contributed by atoms with Crippen molar-refractivity contribution in [1.82, 2.24) is 10.2 Å². The Morgan fingerprint density at radius 3 is 2.34 bits per heavy atom. The summed E-state index contributed by atoms with van der Waals surface area (Å²) < 4.78 is 5.38. The minimum absolute atomic E-state index is 0.0675. The van der Waals surface area contributed by atoms with Gasteiger partial charge in [-0.3, -0.25) is 20.2 Å². The lowest BCUT2D eigenvalue weighted by atomic mass is 10.1. The summed E-state index contributed by atoms with van der Waals surface area (Å²) in [5.41, 5.74) is 2.18. The van der Waals surface area contributed by atoms with Crippen LogP contribution in [0.4, 0.5) is 22.7 Å². The van der Waals surface area contributed by atoms with E-state index in [0.717, 1.165) is 31.9 Å². The lowest BCUT2D eigenvalue weighted by Crippen LogP contribution is -2.44. The van der Waals surface area contributed by atoms with Gasteiger partial charge in [-0.25, -0.2) is 0 Å². The molecule has 2 N–H and O–H groups in total. The summed E-state index contributed by atoms with van der Waals surface area (Å²) in [7, 11) is 2.10. The quantitative estimate of drug-likeness (QED) is 0.351. The summed E-state index contributed by atoms with van der Waals surface area (Å²) in [5.74, 6) is -0.534. The number of likely N-dealkylation sites (N-methyl/N-ethyl adjacent to an activating group) is 1. The smallest absolute Gasteiger partial charge is 0.270 e. The first-order valence-electron chi connectivity index (χ1n) is 11.3. The molecule has 2 fully saturated rings. The number of nitrogens with one attached hydrogen (secondary N) is 2. The third-order valence-electron chi connectivity index (χ3n) is 6.06. The fraction of sp³-hybridized carbons (Fsp3) is 0.391. The van der Waals surface area contributed by atoms with Crippen molar-refractivity contribution in [2.45, 2.75) is 0 Å². The maximum Gasteiger partial charge on any atom is 0.270 e. The Labute approximate surface area is 213 Å². The van der Waals surface area contributed by atoms with Crippen molar-refractivity contribution in [2.75, 3.05) is 74.6 Å². The van der Waals surface area contributed by atoms with Crippen molar-refractivity contribution >= 4 is 57.6 Å². The number of amides is 1. The molecule has 2 aliphatic heterocycles. The molecule has 2 heterocycles. The van der Waals surface area contributed by atoms with Crippen LogP contribution in [0.15, 0.2) is 36.4 Å². The van der Waals surface area contributed by atoms with Crippen LogP contribution in [0.1, 0.15) is 10.4 Å². The number of nitro benzene ring substituents is 1. The second-order valence-corrected chi connectivity index (χ2v) is 9.24. The SMILES string of the molecule is CN1CCN(c2ccc(NC(=S)NC(=O)c3cc([N+](=O)[O-])ccc3N3CCOCC3)cc2Cl)CC1. The van der Waals surface area contributed by atoms with Gasteiger partial charge in [-0.05, 0) is 43.5 Å². The number of hydrogen-bond donors (Lipinski definition) is 2. The Kier molecular flexibility index (Phi) is 8.01. The van der Waals surface area contributed by atoms with E-state index in [1.54, 1.807) is 12.1 Å². The zero-order valence-corrected chi connectivity index (χ0v) is 20.9. The van der Waals surface area contributed by atoms with E-state index in [0.29, 0.717) is 42.7 Å². The second kappa shape index (κ2) is 11.2. The number of non-ortho nitro benzene ring substituents is 1. The summed E-state index contributed by atoms with van der Waals surface area (Å²) in [5, 5.41) is 17.6. The van der Waals surface area contributed by atoms with Gasteiger partial charge in [-0.1, -0.05) is 11.6 Å². The summed E-state index contributed by atoms with van der Waals surface area (Å²) in [6, 6.07) is 9.79. The summed E-state index contributed by atoms with van der Waals surface area (Å²) in [4.78, 5) is 30.3. The van der Waals surface area contributed by atoms with Gasteiger partial charge in [-0.2, -0.15) is 0 Å². The van der Waals surface area contributed by atoms with E-state index in [2.05, 4.69) is 27.5 Å². The number of benzene rings is 2. The Bertz CT molecular complexity index is 1120. The standard InChI is InChI=1S/C23H27ClN6O4S/c1-27-6-8-28(9-7-27)21-4-2-16(14-19(21)24)25-23(35)26-22(31)18-15-17(30(32)33)3-5-20(18)29-10-12-34-13-11-29/h2-5,14-15H,6-13H2,1H3,(H2,25,26,31,35). The molecule has 4 rings (SSSR count). The number of halogens is 1. The zero-order chi connectivity index (χ0) is 24.9. The Morgan fingerprint density at radius 1 is 1.03 bits per heavy atom. The van der Waals surface area contributed by atoms with E-state index in [1.807, 2.05) is 17.0 Å². The van der Waals surface area contributed by atoms with E-state index in [4.69, 9.17) is 28.6 Å². The van der Waals surface area contributed by atoms with Gasteiger partial charge in [0.25, 0.3) is 11.6 Å². The van der Waals surface area contributed by atoms with E-state index in [9.17, 15) is 14.9 Å². The number of carbonyl (C=O) groups excluding carboxylic acids is 1. The van der Waals surface area contributed by atoms with E-state index < -0.39 is 10.8 Å². The second-order valence-electron chi connectivity index (χ2n) is 8.42. The van der Waals surface area contributed by atoms with Crippen LogP contribution < -0.4 is 20.4 Å². The minimum atomic E-state index is -0.534. The molecule has 0 aromatic heterocycles. The van der Waals surface area contributed by atoms with Gasteiger partial charge in [-0.15, -0.1) is 0 Å². The van der Waals surface area contributed by atoms with Crippen LogP contribution in [-0.4, -0.2) is 80.4 Å². The molecule has 1 amide bonds. The highest BCUT2D eigenvalue weighted by atomic mass is 35.5. The number of nitrogens with zero attached hydrogens (tertiary/aromatic N) is 4. The molecule has 12 heteroatoms. The van der Waals surface area contributed by atoms with Crippen molar-refractivity contribution in [3.05, 3.63) is 57.1 Å².